The first kappa shape index (κ1) is 16.1. The van der Waals surface area contributed by atoms with E-state index in [9.17, 15) is 4.79 Å². The summed E-state index contributed by atoms with van der Waals surface area (Å²) in [5, 5.41) is 8.88. The SMILES string of the molecule is CCCN(Cc1ccc(C#N)cc1)C(=O)C1Cc2ccccc2O1. The Balaban J connectivity index is 1.71. The summed E-state index contributed by atoms with van der Waals surface area (Å²) < 4.78 is 5.84. The number of benzene rings is 2. The van der Waals surface area contributed by atoms with Crippen molar-refractivity contribution in [2.75, 3.05) is 6.54 Å². The highest BCUT2D eigenvalue weighted by Crippen LogP contribution is 2.29. The van der Waals surface area contributed by atoms with Gasteiger partial charge in [-0.1, -0.05) is 37.3 Å². The molecule has 2 aromatic carbocycles. The number of nitriles is 1. The first-order valence-corrected chi connectivity index (χ1v) is 8.23. The summed E-state index contributed by atoms with van der Waals surface area (Å²) in [6.45, 7) is 3.28. The number of nitrogens with zero attached hydrogens (tertiary/aromatic N) is 2. The Labute approximate surface area is 142 Å². The minimum absolute atomic E-state index is 0.0254. The van der Waals surface area contributed by atoms with E-state index in [0.29, 0.717) is 25.1 Å². The number of fused-ring (bicyclic) bond motifs is 1. The van der Waals surface area contributed by atoms with Crippen LogP contribution in [0.25, 0.3) is 0 Å². The summed E-state index contributed by atoms with van der Waals surface area (Å²) >= 11 is 0. The van der Waals surface area contributed by atoms with Gasteiger partial charge < -0.3 is 9.64 Å². The monoisotopic (exact) mass is 320 g/mol. The summed E-state index contributed by atoms with van der Waals surface area (Å²) in [4.78, 5) is 14.7. The van der Waals surface area contributed by atoms with E-state index in [1.807, 2.05) is 41.3 Å². The maximum absolute atomic E-state index is 12.9. The van der Waals surface area contributed by atoms with Crippen LogP contribution in [0.3, 0.4) is 0 Å². The molecule has 0 aliphatic carbocycles. The Morgan fingerprint density at radius 1 is 1.25 bits per heavy atom. The number of rotatable bonds is 5. The van der Waals surface area contributed by atoms with Gasteiger partial charge in [0.2, 0.25) is 0 Å². The van der Waals surface area contributed by atoms with Crippen LogP contribution < -0.4 is 4.74 Å². The van der Waals surface area contributed by atoms with Gasteiger partial charge >= 0.3 is 0 Å². The van der Waals surface area contributed by atoms with Crippen molar-refractivity contribution in [2.24, 2.45) is 0 Å². The van der Waals surface area contributed by atoms with Crippen molar-refractivity contribution in [1.82, 2.24) is 4.90 Å². The maximum Gasteiger partial charge on any atom is 0.264 e. The quantitative estimate of drug-likeness (QED) is 0.849. The lowest BCUT2D eigenvalue weighted by Gasteiger charge is -2.25. The molecule has 0 N–H and O–H groups in total. The number of ether oxygens (including phenoxy) is 1. The molecule has 1 amide bonds. The summed E-state index contributed by atoms with van der Waals surface area (Å²) in [5.74, 6) is 0.836. The normalized spacial score (nSPS) is 15.2. The molecule has 24 heavy (non-hydrogen) atoms. The fourth-order valence-electron chi connectivity index (χ4n) is 2.97. The largest absolute Gasteiger partial charge is 0.480 e. The minimum atomic E-state index is -0.438. The number of para-hydroxylation sites is 1. The van der Waals surface area contributed by atoms with E-state index in [4.69, 9.17) is 10.00 Å². The van der Waals surface area contributed by atoms with E-state index in [0.717, 1.165) is 23.3 Å². The van der Waals surface area contributed by atoms with E-state index in [1.165, 1.54) is 0 Å². The van der Waals surface area contributed by atoms with Crippen LogP contribution in [0, 0.1) is 11.3 Å². The molecule has 1 aliphatic rings. The first-order chi connectivity index (χ1) is 11.7. The van der Waals surface area contributed by atoms with Crippen LogP contribution in [-0.4, -0.2) is 23.5 Å². The lowest BCUT2D eigenvalue weighted by atomic mass is 10.1. The molecule has 2 aromatic rings. The molecular formula is C20H20N2O2. The van der Waals surface area contributed by atoms with E-state index >= 15 is 0 Å². The Bertz CT molecular complexity index is 737. The van der Waals surface area contributed by atoms with Gasteiger partial charge in [0, 0.05) is 19.5 Å². The Kier molecular flexibility index (Phi) is 4.81. The highest BCUT2D eigenvalue weighted by atomic mass is 16.5. The first-order valence-electron chi connectivity index (χ1n) is 8.23. The van der Waals surface area contributed by atoms with Crippen LogP contribution >= 0.6 is 0 Å². The van der Waals surface area contributed by atoms with Crippen LogP contribution in [0.15, 0.2) is 48.5 Å². The molecule has 0 aromatic heterocycles. The maximum atomic E-state index is 12.9. The topological polar surface area (TPSA) is 53.3 Å². The van der Waals surface area contributed by atoms with Gasteiger partial charge in [-0.25, -0.2) is 0 Å². The molecular weight excluding hydrogens is 300 g/mol. The molecule has 4 heteroatoms. The van der Waals surface area contributed by atoms with Crippen molar-refractivity contribution in [3.63, 3.8) is 0 Å². The average molecular weight is 320 g/mol. The van der Waals surface area contributed by atoms with Crippen molar-refractivity contribution >= 4 is 5.91 Å². The third-order valence-electron chi connectivity index (χ3n) is 4.18. The Morgan fingerprint density at radius 2 is 2.00 bits per heavy atom. The summed E-state index contributed by atoms with van der Waals surface area (Å²) in [7, 11) is 0. The van der Waals surface area contributed by atoms with Gasteiger partial charge in [-0.15, -0.1) is 0 Å². The van der Waals surface area contributed by atoms with Crippen molar-refractivity contribution in [3.05, 3.63) is 65.2 Å². The predicted octanol–water partition coefficient (Wildman–Crippen LogP) is 3.30. The molecule has 4 nitrogen and oxygen atoms in total. The Hall–Kier alpha value is -2.80. The number of carbonyl (C=O) groups excluding carboxylic acids is 1. The van der Waals surface area contributed by atoms with Gasteiger partial charge in [0.25, 0.3) is 5.91 Å². The summed E-state index contributed by atoms with van der Waals surface area (Å²) in [6.07, 6.45) is 1.08. The second-order valence-corrected chi connectivity index (χ2v) is 5.99. The molecule has 0 bridgehead atoms. The summed E-state index contributed by atoms with van der Waals surface area (Å²) in [5.41, 5.74) is 2.73. The molecule has 0 fully saturated rings. The lowest BCUT2D eigenvalue weighted by molar-refractivity contribution is -0.138. The zero-order chi connectivity index (χ0) is 16.9. The van der Waals surface area contributed by atoms with Crippen molar-refractivity contribution in [1.29, 1.82) is 5.26 Å². The predicted molar refractivity (Wildman–Crippen MR) is 91.4 cm³/mol. The molecule has 1 unspecified atom stereocenters. The molecule has 0 saturated heterocycles. The fraction of sp³-hybridized carbons (Fsp3) is 0.300. The second kappa shape index (κ2) is 7.18. The highest BCUT2D eigenvalue weighted by Gasteiger charge is 2.31. The highest BCUT2D eigenvalue weighted by molar-refractivity contribution is 5.82. The fourth-order valence-corrected chi connectivity index (χ4v) is 2.97. The molecule has 122 valence electrons. The van der Waals surface area contributed by atoms with Gasteiger partial charge in [-0.3, -0.25) is 4.79 Å². The molecule has 0 spiro atoms. The van der Waals surface area contributed by atoms with Gasteiger partial charge in [0.05, 0.1) is 11.6 Å². The zero-order valence-electron chi connectivity index (χ0n) is 13.7. The Morgan fingerprint density at radius 3 is 2.67 bits per heavy atom. The third-order valence-corrected chi connectivity index (χ3v) is 4.18. The van der Waals surface area contributed by atoms with E-state index in [-0.39, 0.29) is 5.91 Å². The molecule has 1 atom stereocenters. The van der Waals surface area contributed by atoms with Gasteiger partial charge in [0.15, 0.2) is 6.10 Å². The molecule has 0 radical (unpaired) electrons. The molecule has 3 rings (SSSR count). The van der Waals surface area contributed by atoms with Crippen LogP contribution in [0.1, 0.15) is 30.0 Å². The third kappa shape index (κ3) is 3.41. The van der Waals surface area contributed by atoms with Gasteiger partial charge in [0.1, 0.15) is 5.75 Å². The van der Waals surface area contributed by atoms with Crippen molar-refractivity contribution in [3.8, 4) is 11.8 Å². The second-order valence-electron chi connectivity index (χ2n) is 5.99. The smallest absolute Gasteiger partial charge is 0.264 e. The van der Waals surface area contributed by atoms with Crippen molar-refractivity contribution in [2.45, 2.75) is 32.4 Å². The van der Waals surface area contributed by atoms with E-state index < -0.39 is 6.10 Å². The van der Waals surface area contributed by atoms with E-state index in [2.05, 4.69) is 13.0 Å². The standard InChI is InChI=1S/C20H20N2O2/c1-2-11-22(14-16-9-7-15(13-21)8-10-16)20(23)19-12-17-5-3-4-6-18(17)24-19/h3-10,19H,2,11-12,14H2,1H3. The van der Waals surface area contributed by atoms with Gasteiger partial charge in [-0.2, -0.15) is 5.26 Å². The molecule has 1 heterocycles. The van der Waals surface area contributed by atoms with Crippen LogP contribution in [0.5, 0.6) is 5.75 Å². The average Bonchev–Trinajstić information content (AvgIpc) is 3.05. The van der Waals surface area contributed by atoms with Gasteiger partial charge in [-0.05, 0) is 35.7 Å². The number of hydrogen-bond donors (Lipinski definition) is 0. The lowest BCUT2D eigenvalue weighted by Crippen LogP contribution is -2.41. The molecule has 0 saturated carbocycles. The van der Waals surface area contributed by atoms with Crippen LogP contribution in [0.4, 0.5) is 0 Å². The number of hydrogen-bond acceptors (Lipinski definition) is 3. The van der Waals surface area contributed by atoms with Crippen molar-refractivity contribution < 1.29 is 9.53 Å². The summed E-state index contributed by atoms with van der Waals surface area (Å²) in [6, 6.07) is 17.3. The zero-order valence-corrected chi connectivity index (χ0v) is 13.7. The number of carbonyl (C=O) groups is 1. The minimum Gasteiger partial charge on any atom is -0.480 e. The van der Waals surface area contributed by atoms with E-state index in [1.54, 1.807) is 12.1 Å². The van der Waals surface area contributed by atoms with Crippen LogP contribution in [0.2, 0.25) is 0 Å². The van der Waals surface area contributed by atoms with Crippen LogP contribution in [-0.2, 0) is 17.8 Å². The molecule has 1 aliphatic heterocycles. The number of amides is 1.